The van der Waals surface area contributed by atoms with Gasteiger partial charge >= 0.3 is 6.09 Å². The second-order valence-corrected chi connectivity index (χ2v) is 8.87. The fraction of sp³-hybridized carbons (Fsp3) is 0.370. The first-order valence-corrected chi connectivity index (χ1v) is 11.8. The molecule has 4 rings (SSSR count). The van der Waals surface area contributed by atoms with E-state index in [1.807, 2.05) is 50.2 Å². The molecule has 1 aliphatic heterocycles. The first kappa shape index (κ1) is 23.7. The van der Waals surface area contributed by atoms with E-state index in [2.05, 4.69) is 19.1 Å². The molecule has 1 aliphatic rings. The van der Waals surface area contributed by atoms with Gasteiger partial charge < -0.3 is 20.3 Å². The standard InChI is InChI=1S/C27H32N4O3/c1-4-12-34-27(33)31-11-10-30(17-19(31)3)26(32)22-8-9-23-18(2)13-24(29-25(23)15-22)21-7-5-6-20(14-21)16-28/h5-9,13-15,19H,4,10-12,16-17,28H2,1-3H3. The zero-order valence-corrected chi connectivity index (χ0v) is 20.1. The molecule has 178 valence electrons. The predicted octanol–water partition coefficient (Wildman–Crippen LogP) is 4.36. The van der Waals surface area contributed by atoms with E-state index in [4.69, 9.17) is 15.5 Å². The van der Waals surface area contributed by atoms with Gasteiger partial charge in [-0.15, -0.1) is 0 Å². The van der Waals surface area contributed by atoms with Gasteiger partial charge in [-0.3, -0.25) is 4.79 Å². The van der Waals surface area contributed by atoms with E-state index in [0.717, 1.165) is 39.7 Å². The Morgan fingerprint density at radius 3 is 2.71 bits per heavy atom. The number of piperazine rings is 1. The van der Waals surface area contributed by atoms with Crippen molar-refractivity contribution in [3.8, 4) is 11.3 Å². The molecule has 34 heavy (non-hydrogen) atoms. The van der Waals surface area contributed by atoms with Crippen LogP contribution in [-0.4, -0.2) is 59.1 Å². The Morgan fingerprint density at radius 1 is 1.15 bits per heavy atom. The maximum atomic E-state index is 13.3. The zero-order valence-electron chi connectivity index (χ0n) is 20.1. The second kappa shape index (κ2) is 10.2. The first-order valence-electron chi connectivity index (χ1n) is 11.8. The molecule has 1 fully saturated rings. The van der Waals surface area contributed by atoms with Crippen LogP contribution >= 0.6 is 0 Å². The van der Waals surface area contributed by atoms with Crippen molar-refractivity contribution in [3.63, 3.8) is 0 Å². The lowest BCUT2D eigenvalue weighted by atomic mass is 10.0. The van der Waals surface area contributed by atoms with E-state index in [0.29, 0.717) is 38.3 Å². The number of hydrogen-bond donors (Lipinski definition) is 1. The van der Waals surface area contributed by atoms with Crippen LogP contribution < -0.4 is 5.73 Å². The number of rotatable bonds is 5. The average Bonchev–Trinajstić information content (AvgIpc) is 2.86. The van der Waals surface area contributed by atoms with Crippen LogP contribution in [-0.2, 0) is 11.3 Å². The van der Waals surface area contributed by atoms with Gasteiger partial charge in [-0.25, -0.2) is 9.78 Å². The SMILES string of the molecule is CCCOC(=O)N1CCN(C(=O)c2ccc3c(C)cc(-c4cccc(CN)c4)nc3c2)CC1C. The van der Waals surface area contributed by atoms with Crippen LogP contribution in [0.1, 0.15) is 41.8 Å². The number of aryl methyl sites for hydroxylation is 1. The lowest BCUT2D eigenvalue weighted by Gasteiger charge is -2.39. The summed E-state index contributed by atoms with van der Waals surface area (Å²) in [7, 11) is 0. The number of ether oxygens (including phenoxy) is 1. The Hall–Kier alpha value is -3.45. The van der Waals surface area contributed by atoms with Crippen molar-refractivity contribution in [1.82, 2.24) is 14.8 Å². The van der Waals surface area contributed by atoms with Crippen LogP contribution in [0.5, 0.6) is 0 Å². The summed E-state index contributed by atoms with van der Waals surface area (Å²) in [6.45, 7) is 8.25. The Balaban J connectivity index is 1.56. The topological polar surface area (TPSA) is 88.8 Å². The van der Waals surface area contributed by atoms with Crippen molar-refractivity contribution in [3.05, 3.63) is 65.2 Å². The summed E-state index contributed by atoms with van der Waals surface area (Å²) in [6, 6.07) is 15.7. The van der Waals surface area contributed by atoms with Crippen LogP contribution in [0.3, 0.4) is 0 Å². The first-order chi connectivity index (χ1) is 16.4. The van der Waals surface area contributed by atoms with Gasteiger partial charge in [-0.2, -0.15) is 0 Å². The molecular weight excluding hydrogens is 428 g/mol. The van der Waals surface area contributed by atoms with Crippen LogP contribution in [0.25, 0.3) is 22.2 Å². The summed E-state index contributed by atoms with van der Waals surface area (Å²) in [4.78, 5) is 33.9. The molecule has 2 N–H and O–H groups in total. The van der Waals surface area contributed by atoms with E-state index < -0.39 is 0 Å². The monoisotopic (exact) mass is 460 g/mol. The minimum Gasteiger partial charge on any atom is -0.449 e. The number of nitrogens with two attached hydrogens (primary N) is 1. The third-order valence-electron chi connectivity index (χ3n) is 6.30. The maximum absolute atomic E-state index is 13.3. The lowest BCUT2D eigenvalue weighted by molar-refractivity contribution is 0.0412. The summed E-state index contributed by atoms with van der Waals surface area (Å²) < 4.78 is 5.27. The maximum Gasteiger partial charge on any atom is 0.410 e. The molecule has 2 aromatic carbocycles. The van der Waals surface area contributed by atoms with Gasteiger partial charge in [0.25, 0.3) is 5.91 Å². The quantitative estimate of drug-likeness (QED) is 0.611. The van der Waals surface area contributed by atoms with Gasteiger partial charge in [0.2, 0.25) is 0 Å². The van der Waals surface area contributed by atoms with Crippen molar-refractivity contribution in [1.29, 1.82) is 0 Å². The number of aromatic nitrogens is 1. The minimum atomic E-state index is -0.307. The van der Waals surface area contributed by atoms with Gasteiger partial charge in [0, 0.05) is 48.7 Å². The zero-order chi connectivity index (χ0) is 24.2. The Bertz CT molecular complexity index is 1210. The number of amides is 2. The van der Waals surface area contributed by atoms with E-state index in [9.17, 15) is 9.59 Å². The van der Waals surface area contributed by atoms with Gasteiger partial charge in [0.05, 0.1) is 17.8 Å². The molecule has 0 saturated carbocycles. The van der Waals surface area contributed by atoms with Crippen LogP contribution in [0, 0.1) is 6.92 Å². The largest absolute Gasteiger partial charge is 0.449 e. The normalized spacial score (nSPS) is 16.1. The van der Waals surface area contributed by atoms with E-state index >= 15 is 0 Å². The predicted molar refractivity (Wildman–Crippen MR) is 134 cm³/mol. The molecule has 1 atom stereocenters. The molecule has 7 heteroatoms. The minimum absolute atomic E-state index is 0.0506. The molecule has 0 aliphatic carbocycles. The molecule has 3 aromatic rings. The average molecular weight is 461 g/mol. The van der Waals surface area contributed by atoms with Crippen LogP contribution in [0.15, 0.2) is 48.5 Å². The highest BCUT2D eigenvalue weighted by atomic mass is 16.6. The Morgan fingerprint density at radius 2 is 1.97 bits per heavy atom. The molecule has 0 radical (unpaired) electrons. The Kier molecular flexibility index (Phi) is 7.12. The smallest absolute Gasteiger partial charge is 0.410 e. The van der Waals surface area contributed by atoms with Crippen molar-refractivity contribution < 1.29 is 14.3 Å². The van der Waals surface area contributed by atoms with Crippen LogP contribution in [0.2, 0.25) is 0 Å². The fourth-order valence-corrected chi connectivity index (χ4v) is 4.41. The molecule has 2 heterocycles. The molecule has 1 unspecified atom stereocenters. The highest BCUT2D eigenvalue weighted by Gasteiger charge is 2.31. The van der Waals surface area contributed by atoms with Crippen LogP contribution in [0.4, 0.5) is 4.79 Å². The van der Waals surface area contributed by atoms with Gasteiger partial charge in [-0.05, 0) is 55.7 Å². The van der Waals surface area contributed by atoms with E-state index in [1.54, 1.807) is 9.80 Å². The van der Waals surface area contributed by atoms with Crippen molar-refractivity contribution in [2.45, 2.75) is 39.8 Å². The summed E-state index contributed by atoms with van der Waals surface area (Å²) in [5, 5.41) is 1.02. The van der Waals surface area contributed by atoms with Crippen molar-refractivity contribution >= 4 is 22.9 Å². The third-order valence-corrected chi connectivity index (χ3v) is 6.30. The lowest BCUT2D eigenvalue weighted by Crippen LogP contribution is -2.55. The van der Waals surface area contributed by atoms with Crippen molar-refractivity contribution in [2.24, 2.45) is 5.73 Å². The number of hydrogen-bond acceptors (Lipinski definition) is 5. The van der Waals surface area contributed by atoms with Gasteiger partial charge in [-0.1, -0.05) is 31.2 Å². The second-order valence-electron chi connectivity index (χ2n) is 8.87. The summed E-state index contributed by atoms with van der Waals surface area (Å²) in [5.74, 6) is -0.0506. The number of carbonyl (C=O) groups excluding carboxylic acids is 2. The summed E-state index contributed by atoms with van der Waals surface area (Å²) in [5.41, 5.74) is 11.2. The molecule has 1 saturated heterocycles. The highest BCUT2D eigenvalue weighted by molar-refractivity contribution is 5.99. The van der Waals surface area contributed by atoms with Crippen molar-refractivity contribution in [2.75, 3.05) is 26.2 Å². The molecule has 0 spiro atoms. The molecule has 2 amide bonds. The molecule has 1 aromatic heterocycles. The summed E-state index contributed by atoms with van der Waals surface area (Å²) in [6.07, 6.45) is 0.479. The fourth-order valence-electron chi connectivity index (χ4n) is 4.41. The van der Waals surface area contributed by atoms with E-state index in [1.165, 1.54) is 0 Å². The third kappa shape index (κ3) is 4.89. The van der Waals surface area contributed by atoms with Gasteiger partial charge in [0.15, 0.2) is 0 Å². The Labute approximate surface area is 200 Å². The molecular formula is C27H32N4O3. The summed E-state index contributed by atoms with van der Waals surface area (Å²) >= 11 is 0. The van der Waals surface area contributed by atoms with Gasteiger partial charge in [0.1, 0.15) is 0 Å². The van der Waals surface area contributed by atoms with E-state index in [-0.39, 0.29) is 18.0 Å². The molecule has 0 bridgehead atoms. The number of nitrogens with zero attached hydrogens (tertiary/aromatic N) is 3. The number of carbonyl (C=O) groups is 2. The molecule has 7 nitrogen and oxygen atoms in total. The number of benzene rings is 2. The highest BCUT2D eigenvalue weighted by Crippen LogP contribution is 2.26. The number of pyridine rings is 1. The number of fused-ring (bicyclic) bond motifs is 1.